The zero-order valence-corrected chi connectivity index (χ0v) is 12.5. The number of nitrogens with one attached hydrogen (secondary N) is 1. The summed E-state index contributed by atoms with van der Waals surface area (Å²) >= 11 is 0. The van der Waals surface area contributed by atoms with E-state index in [0.29, 0.717) is 12.5 Å². The third-order valence-corrected chi connectivity index (χ3v) is 5.98. The molecule has 1 aromatic carbocycles. The fraction of sp³-hybridized carbons (Fsp3) is 0.500. The first-order valence-electron chi connectivity index (χ1n) is 6.98. The van der Waals surface area contributed by atoms with Crippen LogP contribution < -0.4 is 5.32 Å². The maximum atomic E-state index is 13.6. The van der Waals surface area contributed by atoms with Crippen molar-refractivity contribution in [3.8, 4) is 0 Å². The number of anilines is 1. The summed E-state index contributed by atoms with van der Waals surface area (Å²) in [7, 11) is -3.63. The van der Waals surface area contributed by atoms with Gasteiger partial charge in [0.2, 0.25) is 15.9 Å². The maximum Gasteiger partial charge on any atom is 0.243 e. The van der Waals surface area contributed by atoms with E-state index in [1.54, 1.807) is 0 Å². The number of sulfonamides is 1. The molecule has 1 aliphatic carbocycles. The highest BCUT2D eigenvalue weighted by Gasteiger charge is 2.49. The van der Waals surface area contributed by atoms with Gasteiger partial charge < -0.3 is 5.32 Å². The van der Waals surface area contributed by atoms with Crippen LogP contribution in [-0.2, 0) is 14.8 Å². The van der Waals surface area contributed by atoms with Gasteiger partial charge in [0, 0.05) is 19.5 Å². The van der Waals surface area contributed by atoms with Gasteiger partial charge in [0.05, 0.1) is 10.6 Å². The molecule has 1 N–H and O–H groups in total. The molecule has 0 spiro atoms. The van der Waals surface area contributed by atoms with Gasteiger partial charge in [-0.05, 0) is 43.4 Å². The van der Waals surface area contributed by atoms with E-state index in [2.05, 4.69) is 5.32 Å². The fourth-order valence-corrected chi connectivity index (χ4v) is 4.72. The number of amides is 1. The van der Waals surface area contributed by atoms with E-state index in [9.17, 15) is 17.6 Å². The zero-order chi connectivity index (χ0) is 15.2. The molecule has 1 amide bonds. The second-order valence-corrected chi connectivity index (χ2v) is 7.53. The Labute approximate surface area is 123 Å². The summed E-state index contributed by atoms with van der Waals surface area (Å²) in [5.74, 6) is -0.612. The Balaban J connectivity index is 1.93. The molecule has 1 heterocycles. The summed E-state index contributed by atoms with van der Waals surface area (Å²) in [5.41, 5.74) is -0.104. The topological polar surface area (TPSA) is 66.5 Å². The van der Waals surface area contributed by atoms with Gasteiger partial charge in [-0.3, -0.25) is 4.79 Å². The summed E-state index contributed by atoms with van der Waals surface area (Å²) < 4.78 is 40.5. The quantitative estimate of drug-likeness (QED) is 0.928. The predicted octanol–water partition coefficient (Wildman–Crippen LogP) is 1.96. The lowest BCUT2D eigenvalue weighted by Crippen LogP contribution is -2.37. The molecule has 0 unspecified atom stereocenters. The molecule has 1 aromatic rings. The van der Waals surface area contributed by atoms with Crippen LogP contribution in [0.4, 0.5) is 10.1 Å². The molecule has 0 bridgehead atoms. The van der Waals surface area contributed by atoms with Crippen LogP contribution in [-0.4, -0.2) is 31.2 Å². The minimum atomic E-state index is -3.63. The summed E-state index contributed by atoms with van der Waals surface area (Å²) in [5, 5.41) is 2.31. The van der Waals surface area contributed by atoms with Crippen molar-refractivity contribution in [3.63, 3.8) is 0 Å². The largest absolute Gasteiger partial charge is 0.324 e. The Bertz CT molecular complexity index is 689. The minimum absolute atomic E-state index is 0.0280. The predicted molar refractivity (Wildman–Crippen MR) is 75.7 cm³/mol. The Morgan fingerprint density at radius 1 is 1.43 bits per heavy atom. The molecular formula is C14H17FN2O3S. The molecule has 1 saturated heterocycles. The van der Waals surface area contributed by atoms with Crippen molar-refractivity contribution in [3.05, 3.63) is 24.0 Å². The maximum absolute atomic E-state index is 13.6. The number of rotatable bonds is 3. The van der Waals surface area contributed by atoms with Gasteiger partial charge in [-0.2, -0.15) is 4.31 Å². The molecule has 2 aliphatic rings. The number of fused-ring (bicyclic) bond motifs is 1. The number of carbonyl (C=O) groups is 1. The number of carbonyl (C=O) groups excluding carboxylic acids is 1. The molecule has 0 aromatic heterocycles. The molecule has 1 saturated carbocycles. The van der Waals surface area contributed by atoms with Crippen molar-refractivity contribution in [2.75, 3.05) is 11.9 Å². The van der Waals surface area contributed by atoms with Crippen LogP contribution in [0.15, 0.2) is 23.1 Å². The Hall–Kier alpha value is -1.47. The second kappa shape index (κ2) is 5.06. The molecule has 0 radical (unpaired) electrons. The molecule has 5 nitrogen and oxygen atoms in total. The average molecular weight is 312 g/mol. The number of piperidine rings is 1. The highest BCUT2D eigenvalue weighted by atomic mass is 32.2. The van der Waals surface area contributed by atoms with Gasteiger partial charge >= 0.3 is 0 Å². The van der Waals surface area contributed by atoms with Crippen LogP contribution >= 0.6 is 0 Å². The lowest BCUT2D eigenvalue weighted by Gasteiger charge is -2.26. The molecule has 1 aliphatic heterocycles. The third kappa shape index (κ3) is 2.67. The Morgan fingerprint density at radius 2 is 2.19 bits per heavy atom. The van der Waals surface area contributed by atoms with Crippen LogP contribution in [0.5, 0.6) is 0 Å². The van der Waals surface area contributed by atoms with Crippen molar-refractivity contribution < 1.29 is 17.6 Å². The fourth-order valence-electron chi connectivity index (χ4n) is 2.95. The van der Waals surface area contributed by atoms with Gasteiger partial charge in [-0.25, -0.2) is 12.8 Å². The summed E-state index contributed by atoms with van der Waals surface area (Å²) in [4.78, 5) is 11.1. The van der Waals surface area contributed by atoms with Gasteiger partial charge in [-0.1, -0.05) is 0 Å². The summed E-state index contributed by atoms with van der Waals surface area (Å²) in [6.07, 6.45) is 2.86. The molecule has 2 fully saturated rings. The Kier molecular flexibility index (Phi) is 3.49. The molecular weight excluding hydrogens is 295 g/mol. The van der Waals surface area contributed by atoms with E-state index >= 15 is 0 Å². The lowest BCUT2D eigenvalue weighted by molar-refractivity contribution is -0.114. The van der Waals surface area contributed by atoms with Crippen molar-refractivity contribution in [1.29, 1.82) is 0 Å². The second-order valence-electron chi connectivity index (χ2n) is 5.64. The van der Waals surface area contributed by atoms with Crippen molar-refractivity contribution in [2.45, 2.75) is 37.1 Å². The highest BCUT2D eigenvalue weighted by Crippen LogP contribution is 2.45. The number of benzene rings is 1. The van der Waals surface area contributed by atoms with Crippen molar-refractivity contribution in [1.82, 2.24) is 4.31 Å². The molecule has 21 heavy (non-hydrogen) atoms. The molecule has 2 atom stereocenters. The van der Waals surface area contributed by atoms with E-state index in [4.69, 9.17) is 0 Å². The molecule has 7 heteroatoms. The van der Waals surface area contributed by atoms with Crippen LogP contribution in [0.2, 0.25) is 0 Å². The first-order valence-corrected chi connectivity index (χ1v) is 8.42. The molecule has 3 rings (SSSR count). The van der Waals surface area contributed by atoms with Crippen molar-refractivity contribution in [2.24, 2.45) is 5.92 Å². The van der Waals surface area contributed by atoms with Crippen molar-refractivity contribution >= 4 is 21.6 Å². The third-order valence-electron chi connectivity index (χ3n) is 4.06. The minimum Gasteiger partial charge on any atom is -0.324 e. The number of halogens is 1. The number of hydrogen-bond acceptors (Lipinski definition) is 3. The van der Waals surface area contributed by atoms with Gasteiger partial charge in [0.15, 0.2) is 0 Å². The van der Waals surface area contributed by atoms with Crippen LogP contribution in [0.3, 0.4) is 0 Å². The van der Waals surface area contributed by atoms with Gasteiger partial charge in [-0.15, -0.1) is 0 Å². The van der Waals surface area contributed by atoms with E-state index < -0.39 is 21.7 Å². The molecule has 114 valence electrons. The zero-order valence-electron chi connectivity index (χ0n) is 11.7. The van der Waals surface area contributed by atoms with E-state index in [1.807, 2.05) is 0 Å². The Morgan fingerprint density at radius 3 is 2.90 bits per heavy atom. The highest BCUT2D eigenvalue weighted by molar-refractivity contribution is 7.89. The van der Waals surface area contributed by atoms with E-state index in [-0.39, 0.29) is 16.6 Å². The smallest absolute Gasteiger partial charge is 0.243 e. The van der Waals surface area contributed by atoms with Gasteiger partial charge in [0.1, 0.15) is 5.82 Å². The van der Waals surface area contributed by atoms with E-state index in [1.165, 1.54) is 23.4 Å². The van der Waals surface area contributed by atoms with E-state index in [0.717, 1.165) is 25.3 Å². The van der Waals surface area contributed by atoms with Gasteiger partial charge in [0.25, 0.3) is 0 Å². The van der Waals surface area contributed by atoms with Crippen LogP contribution in [0, 0.1) is 11.7 Å². The van der Waals surface area contributed by atoms with Crippen LogP contribution in [0.25, 0.3) is 0 Å². The normalized spacial score (nSPS) is 25.2. The lowest BCUT2D eigenvalue weighted by atomic mass is 10.2. The monoisotopic (exact) mass is 312 g/mol. The number of hydrogen-bond donors (Lipinski definition) is 1. The first-order chi connectivity index (χ1) is 9.89. The van der Waals surface area contributed by atoms with Crippen LogP contribution in [0.1, 0.15) is 26.2 Å². The number of nitrogens with zero attached hydrogens (tertiary/aromatic N) is 1. The SMILES string of the molecule is CC(=O)Nc1cc(S(=O)(=O)N2CCC[C@H]3C[C@H]32)ccc1F. The average Bonchev–Trinajstić information content (AvgIpc) is 3.19. The standard InChI is InChI=1S/C14H17FN2O3S/c1-9(18)16-13-8-11(4-5-12(13)15)21(19,20)17-6-2-3-10-7-14(10)17/h4-5,8,10,14H,2-3,6-7H2,1H3,(H,16,18)/t10-,14+/m0/s1. The summed E-state index contributed by atoms with van der Waals surface area (Å²) in [6, 6.07) is 3.62. The summed E-state index contributed by atoms with van der Waals surface area (Å²) in [6.45, 7) is 1.76. The first kappa shape index (κ1) is 14.5.